The predicted molar refractivity (Wildman–Crippen MR) is 229 cm³/mol. The van der Waals surface area contributed by atoms with Crippen LogP contribution in [0.1, 0.15) is 111 Å². The van der Waals surface area contributed by atoms with Gasteiger partial charge in [-0.05, 0) is 117 Å². The van der Waals surface area contributed by atoms with Crippen molar-refractivity contribution in [1.29, 1.82) is 0 Å². The lowest BCUT2D eigenvalue weighted by molar-refractivity contribution is -0.148. The van der Waals surface area contributed by atoms with Crippen molar-refractivity contribution in [2.75, 3.05) is 36.5 Å². The number of rotatable bonds is 11. The molecule has 4 aromatic carbocycles. The topological polar surface area (TPSA) is 65.5 Å². The number of aliphatic imine (C=N–C) groups is 1. The van der Waals surface area contributed by atoms with E-state index in [4.69, 9.17) is 9.73 Å². The van der Waals surface area contributed by atoms with Gasteiger partial charge in [-0.25, -0.2) is 8.78 Å². The molecule has 0 spiro atoms. The van der Waals surface area contributed by atoms with Crippen LogP contribution in [0.5, 0.6) is 0 Å². The first-order valence-electron chi connectivity index (χ1n) is 21.0. The van der Waals surface area contributed by atoms with Crippen molar-refractivity contribution < 1.29 is 23.1 Å². The lowest BCUT2D eigenvalue weighted by Crippen LogP contribution is -2.44. The summed E-state index contributed by atoms with van der Waals surface area (Å²) in [5.74, 6) is -1.76. The Hall–Kier alpha value is -5.05. The van der Waals surface area contributed by atoms with Gasteiger partial charge >= 0.3 is 5.97 Å². The summed E-state index contributed by atoms with van der Waals surface area (Å²) in [6, 6.07) is 25.7. The number of anilines is 2. The van der Waals surface area contributed by atoms with Gasteiger partial charge in [0, 0.05) is 37.0 Å². The number of ether oxygens (including phenoxy) is 1. The predicted octanol–water partition coefficient (Wildman–Crippen LogP) is 10.9. The van der Waals surface area contributed by atoms with Gasteiger partial charge in [-0.3, -0.25) is 14.6 Å². The number of methoxy groups -OCH3 is 1. The molecule has 4 aromatic rings. The zero-order valence-electron chi connectivity index (χ0n) is 35.1. The molecule has 0 aliphatic carbocycles. The second-order valence-electron chi connectivity index (χ2n) is 17.1. The maximum Gasteiger partial charge on any atom is 0.306 e. The minimum Gasteiger partial charge on any atom is -0.469 e. The summed E-state index contributed by atoms with van der Waals surface area (Å²) in [5, 5.41) is 0. The zero-order chi connectivity index (χ0) is 41.2. The third-order valence-corrected chi connectivity index (χ3v) is 13.0. The highest BCUT2D eigenvalue weighted by molar-refractivity contribution is 5.95. The first kappa shape index (κ1) is 41.1. The van der Waals surface area contributed by atoms with E-state index >= 15 is 8.78 Å². The third kappa shape index (κ3) is 8.41. The summed E-state index contributed by atoms with van der Waals surface area (Å²) in [4.78, 5) is 37.3. The Morgan fingerprint density at radius 1 is 0.793 bits per heavy atom. The second kappa shape index (κ2) is 17.4. The van der Waals surface area contributed by atoms with Gasteiger partial charge in [-0.1, -0.05) is 74.5 Å². The Bertz CT molecular complexity index is 2150. The number of nitrogens with zero attached hydrogens (tertiary/aromatic N) is 4. The number of esters is 1. The van der Waals surface area contributed by atoms with E-state index in [1.54, 1.807) is 0 Å². The molecule has 5 atom stereocenters. The number of carbonyl (C=O) groups excluding carboxylic acids is 2. The van der Waals surface area contributed by atoms with Crippen molar-refractivity contribution in [2.24, 2.45) is 16.8 Å². The molecule has 0 N–H and O–H groups in total. The minimum absolute atomic E-state index is 0.0172. The summed E-state index contributed by atoms with van der Waals surface area (Å²) in [5.41, 5.74) is 8.96. The summed E-state index contributed by atoms with van der Waals surface area (Å²) in [7, 11) is 1.35. The van der Waals surface area contributed by atoms with E-state index in [1.165, 1.54) is 35.9 Å². The van der Waals surface area contributed by atoms with Gasteiger partial charge in [0.05, 0.1) is 43.3 Å². The molecule has 3 fully saturated rings. The Morgan fingerprint density at radius 2 is 1.45 bits per heavy atom. The van der Waals surface area contributed by atoms with Gasteiger partial charge in [0.15, 0.2) is 11.6 Å². The fourth-order valence-electron chi connectivity index (χ4n) is 9.53. The fourth-order valence-corrected chi connectivity index (χ4v) is 9.53. The molecule has 1 amide bonds. The maximum absolute atomic E-state index is 16.4. The average molecular weight is 789 g/mol. The molecule has 0 aromatic heterocycles. The molecule has 58 heavy (non-hydrogen) atoms. The number of aryl methyl sites for hydroxylation is 3. The molecule has 7 rings (SSSR count). The van der Waals surface area contributed by atoms with Gasteiger partial charge in [0.25, 0.3) is 0 Å². The molecule has 306 valence electrons. The Labute approximate surface area is 343 Å². The van der Waals surface area contributed by atoms with E-state index in [0.29, 0.717) is 25.3 Å². The van der Waals surface area contributed by atoms with E-state index < -0.39 is 17.6 Å². The number of likely N-dealkylation sites (tertiary alicyclic amines) is 1. The number of halogens is 2. The molecular weight excluding hydrogens is 731 g/mol. The molecule has 3 heterocycles. The maximum atomic E-state index is 16.4. The monoisotopic (exact) mass is 788 g/mol. The molecule has 9 heteroatoms. The van der Waals surface area contributed by atoms with Crippen LogP contribution in [0.2, 0.25) is 0 Å². The molecule has 3 unspecified atom stereocenters. The third-order valence-electron chi connectivity index (χ3n) is 13.0. The standard InChI is InChI=1S/C49H58F2N4O3/c1-30(2)40(28-47(56)58-7)49(57)54-22-11-14-44(54)34(6)52-43-25-37(18-16-32(43)4)46-20-19-45(36-17-15-31(3)33(5)24-36)55(46)39-26-41(50)48(42(51)27-39)53-23-21-38(29-53)35-12-9-8-10-13-35/h8-10,12-13,15-18,24-27,30,38,40,44-46H,11,14,19-23,28-29H2,1-7H3/t38?,40?,44-,45+,46?/m0/s1. The van der Waals surface area contributed by atoms with Crippen LogP contribution in [-0.4, -0.2) is 55.3 Å². The Balaban J connectivity index is 1.20. The lowest BCUT2D eigenvalue weighted by atomic mass is 9.90. The van der Waals surface area contributed by atoms with Gasteiger partial charge < -0.3 is 19.4 Å². The van der Waals surface area contributed by atoms with Gasteiger partial charge in [0.2, 0.25) is 5.91 Å². The van der Waals surface area contributed by atoms with Crippen molar-refractivity contribution in [1.82, 2.24) is 4.90 Å². The van der Waals surface area contributed by atoms with Gasteiger partial charge in [-0.2, -0.15) is 0 Å². The van der Waals surface area contributed by atoms with E-state index in [0.717, 1.165) is 60.2 Å². The number of hydrogen-bond donors (Lipinski definition) is 0. The second-order valence-corrected chi connectivity index (χ2v) is 17.1. The van der Waals surface area contributed by atoms with Crippen LogP contribution in [-0.2, 0) is 14.3 Å². The number of amides is 1. The highest BCUT2D eigenvalue weighted by atomic mass is 19.1. The smallest absolute Gasteiger partial charge is 0.306 e. The first-order chi connectivity index (χ1) is 27.8. The molecule has 3 aliphatic heterocycles. The van der Waals surface area contributed by atoms with Crippen LogP contribution >= 0.6 is 0 Å². The van der Waals surface area contributed by atoms with Gasteiger partial charge in [0.1, 0.15) is 5.69 Å². The van der Waals surface area contributed by atoms with Crippen LogP contribution in [0.25, 0.3) is 0 Å². The van der Waals surface area contributed by atoms with Crippen molar-refractivity contribution in [3.05, 3.63) is 124 Å². The van der Waals surface area contributed by atoms with Crippen molar-refractivity contribution in [3.8, 4) is 0 Å². The van der Waals surface area contributed by atoms with Crippen molar-refractivity contribution in [3.63, 3.8) is 0 Å². The van der Waals surface area contributed by atoms with E-state index in [1.807, 2.05) is 55.7 Å². The largest absolute Gasteiger partial charge is 0.469 e. The number of benzene rings is 4. The van der Waals surface area contributed by atoms with Gasteiger partial charge in [-0.15, -0.1) is 0 Å². The molecule has 3 saturated heterocycles. The number of carbonyl (C=O) groups is 2. The normalized spacial score (nSPS) is 21.6. The molecule has 0 bridgehead atoms. The Kier molecular flexibility index (Phi) is 12.4. The quantitative estimate of drug-likeness (QED) is 0.112. The molecular formula is C49H58F2N4O3. The van der Waals surface area contributed by atoms with E-state index in [-0.39, 0.29) is 53.9 Å². The van der Waals surface area contributed by atoms with Crippen LogP contribution in [0.3, 0.4) is 0 Å². The SMILES string of the molecule is COC(=O)CC(C(=O)N1CCC[C@H]1C(C)=Nc1cc(C2CC[C@H](c3ccc(C)c(C)c3)N2c2cc(F)c(N3CCC(c4ccccc4)C3)c(F)c2)ccc1C)C(C)C. The zero-order valence-corrected chi connectivity index (χ0v) is 35.1. The van der Waals surface area contributed by atoms with E-state index in [2.05, 4.69) is 67.3 Å². The molecule has 3 aliphatic rings. The van der Waals surface area contributed by atoms with Crippen LogP contribution in [0.15, 0.2) is 83.9 Å². The molecule has 7 nitrogen and oxygen atoms in total. The van der Waals surface area contributed by atoms with Crippen LogP contribution in [0, 0.1) is 44.2 Å². The lowest BCUT2D eigenvalue weighted by Gasteiger charge is -2.34. The average Bonchev–Trinajstić information content (AvgIpc) is 3.99. The molecule has 0 saturated carbocycles. The van der Waals surface area contributed by atoms with Crippen molar-refractivity contribution >= 4 is 34.7 Å². The summed E-state index contributed by atoms with van der Waals surface area (Å²) < 4.78 is 37.8. The summed E-state index contributed by atoms with van der Waals surface area (Å²) in [6.07, 6.45) is 4.16. The van der Waals surface area contributed by atoms with Crippen LogP contribution < -0.4 is 9.80 Å². The summed E-state index contributed by atoms with van der Waals surface area (Å²) in [6.45, 7) is 13.9. The highest BCUT2D eigenvalue weighted by Gasteiger charge is 2.39. The Morgan fingerprint density at radius 3 is 2.09 bits per heavy atom. The fraction of sp³-hybridized carbons (Fsp3) is 0.449. The highest BCUT2D eigenvalue weighted by Crippen LogP contribution is 2.49. The summed E-state index contributed by atoms with van der Waals surface area (Å²) >= 11 is 0. The van der Waals surface area contributed by atoms with E-state index in [9.17, 15) is 9.59 Å². The first-order valence-corrected chi connectivity index (χ1v) is 21.0. The minimum atomic E-state index is -0.542. The number of hydrogen-bond acceptors (Lipinski definition) is 6. The van der Waals surface area contributed by atoms with Crippen LogP contribution in [0.4, 0.5) is 25.8 Å². The molecule has 0 radical (unpaired) electrons. The van der Waals surface area contributed by atoms with Crippen molar-refractivity contribution in [2.45, 2.75) is 104 Å².